The van der Waals surface area contributed by atoms with Gasteiger partial charge in [0.05, 0.1) is 36.6 Å². The van der Waals surface area contributed by atoms with Gasteiger partial charge in [-0.1, -0.05) is 38.1 Å². The van der Waals surface area contributed by atoms with Gasteiger partial charge in [-0.05, 0) is 87.8 Å². The number of aliphatic carboxylic acids is 1. The number of amides is 1. The maximum absolute atomic E-state index is 13.2. The fourth-order valence-electron chi connectivity index (χ4n) is 5.99. The van der Waals surface area contributed by atoms with E-state index < -0.39 is 11.6 Å². The molecule has 1 aromatic heterocycles. The Kier molecular flexibility index (Phi) is 12.8. The standard InChI is InChI=1S/C35H42FN3O5.C4H10O/c1-24-29(21-32(41)42)34(38-18-15-35(2,3)16-19-38)33(30(37-24)22-43-23-39-17-4-5-31(39)40)26-8-12-28(13-9-26)44-20-14-25-6-10-27(36)11-7-25;1-4(2,3)5/h6-13H,4-5,14-23H2,1-3H3,(H,41,42);5H,1-3H3. The molecule has 0 unspecified atom stereocenters. The number of nitrogens with zero attached hydrogens (tertiary/aromatic N) is 3. The van der Waals surface area contributed by atoms with Gasteiger partial charge in [0.2, 0.25) is 5.91 Å². The van der Waals surface area contributed by atoms with E-state index in [0.29, 0.717) is 48.7 Å². The van der Waals surface area contributed by atoms with Gasteiger partial charge in [-0.3, -0.25) is 14.6 Å². The fraction of sp³-hybridized carbons (Fsp3) is 0.513. The Labute approximate surface area is 290 Å². The SMILES string of the molecule is CC(C)(C)O.Cc1nc(COCN2CCCC2=O)c(-c2ccc(OCCc3ccc(F)cc3)cc2)c(N2CCC(C)(C)CC2)c1CC(=O)O. The number of piperidine rings is 1. The number of anilines is 1. The highest BCUT2D eigenvalue weighted by Crippen LogP contribution is 2.42. The normalized spacial score (nSPS) is 16.0. The molecule has 0 atom stereocenters. The summed E-state index contributed by atoms with van der Waals surface area (Å²) < 4.78 is 25.3. The zero-order valence-corrected chi connectivity index (χ0v) is 29.9. The summed E-state index contributed by atoms with van der Waals surface area (Å²) in [5.41, 5.74) is 5.46. The van der Waals surface area contributed by atoms with Crippen molar-refractivity contribution in [3.05, 3.63) is 76.9 Å². The Hall–Kier alpha value is -4.02. The van der Waals surface area contributed by atoms with Gasteiger partial charge in [0.1, 0.15) is 18.3 Å². The maximum atomic E-state index is 13.2. The lowest BCUT2D eigenvalue weighted by Gasteiger charge is -2.40. The summed E-state index contributed by atoms with van der Waals surface area (Å²) in [6, 6.07) is 14.2. The van der Waals surface area contributed by atoms with Crippen molar-refractivity contribution in [3.8, 4) is 16.9 Å². The van der Waals surface area contributed by atoms with Crippen LogP contribution in [0.4, 0.5) is 10.1 Å². The number of carboxylic acid groups (broad SMARTS) is 1. The van der Waals surface area contributed by atoms with Crippen LogP contribution < -0.4 is 9.64 Å². The summed E-state index contributed by atoms with van der Waals surface area (Å²) in [6.07, 6.45) is 3.88. The van der Waals surface area contributed by atoms with E-state index in [0.717, 1.165) is 54.7 Å². The molecule has 49 heavy (non-hydrogen) atoms. The first-order chi connectivity index (χ1) is 23.1. The average molecular weight is 678 g/mol. The molecule has 0 saturated carbocycles. The van der Waals surface area contributed by atoms with Gasteiger partial charge >= 0.3 is 5.97 Å². The smallest absolute Gasteiger partial charge is 0.307 e. The monoisotopic (exact) mass is 677 g/mol. The number of benzene rings is 2. The van der Waals surface area contributed by atoms with Crippen LogP contribution in [-0.4, -0.2) is 70.5 Å². The first-order valence-electron chi connectivity index (χ1n) is 17.1. The zero-order valence-electron chi connectivity index (χ0n) is 29.9. The van der Waals surface area contributed by atoms with E-state index in [1.165, 1.54) is 12.1 Å². The van der Waals surface area contributed by atoms with Crippen LogP contribution in [0.15, 0.2) is 48.5 Å². The lowest BCUT2D eigenvalue weighted by atomic mass is 9.82. The number of hydrogen-bond acceptors (Lipinski definition) is 7. The number of aryl methyl sites for hydroxylation is 1. The number of hydrogen-bond donors (Lipinski definition) is 2. The fourth-order valence-corrected chi connectivity index (χ4v) is 5.99. The summed E-state index contributed by atoms with van der Waals surface area (Å²) in [7, 11) is 0. The molecular weight excluding hydrogens is 625 g/mol. The zero-order chi connectivity index (χ0) is 35.8. The molecule has 2 N–H and O–H groups in total. The van der Waals surface area contributed by atoms with Crippen molar-refractivity contribution in [1.82, 2.24) is 9.88 Å². The van der Waals surface area contributed by atoms with Gasteiger partial charge in [0.15, 0.2) is 0 Å². The van der Waals surface area contributed by atoms with Gasteiger partial charge in [-0.2, -0.15) is 0 Å². The number of carboxylic acids is 1. The van der Waals surface area contributed by atoms with Crippen molar-refractivity contribution in [2.45, 2.75) is 92.3 Å². The molecule has 2 aliphatic heterocycles. The third kappa shape index (κ3) is 11.5. The lowest BCUT2D eigenvalue weighted by Crippen LogP contribution is -2.38. The van der Waals surface area contributed by atoms with Crippen LogP contribution in [0.25, 0.3) is 11.1 Å². The number of rotatable bonds is 12. The molecule has 0 spiro atoms. The van der Waals surface area contributed by atoms with Gasteiger partial charge in [-0.25, -0.2) is 4.39 Å². The van der Waals surface area contributed by atoms with Crippen LogP contribution >= 0.6 is 0 Å². The minimum absolute atomic E-state index is 0.0952. The van der Waals surface area contributed by atoms with Crippen LogP contribution in [0.1, 0.15) is 82.8 Å². The molecule has 10 heteroatoms. The highest BCUT2D eigenvalue weighted by molar-refractivity contribution is 5.86. The topological polar surface area (TPSA) is 112 Å². The van der Waals surface area contributed by atoms with E-state index in [9.17, 15) is 19.1 Å². The molecule has 266 valence electrons. The number of pyridine rings is 1. The highest BCUT2D eigenvalue weighted by Gasteiger charge is 2.31. The molecule has 3 aromatic rings. The highest BCUT2D eigenvalue weighted by atomic mass is 19.1. The predicted octanol–water partition coefficient (Wildman–Crippen LogP) is 6.94. The summed E-state index contributed by atoms with van der Waals surface area (Å²) in [5.74, 6) is -0.365. The van der Waals surface area contributed by atoms with Crippen LogP contribution in [0.2, 0.25) is 0 Å². The first kappa shape index (κ1) is 37.8. The van der Waals surface area contributed by atoms with Crippen molar-refractivity contribution in [2.24, 2.45) is 5.41 Å². The second-order valence-electron chi connectivity index (χ2n) is 14.7. The molecule has 9 nitrogen and oxygen atoms in total. The molecule has 1 amide bonds. The minimum Gasteiger partial charge on any atom is -0.493 e. The molecular formula is C39H52FN3O6. The predicted molar refractivity (Wildman–Crippen MR) is 189 cm³/mol. The Morgan fingerprint density at radius 1 is 1.02 bits per heavy atom. The number of aliphatic hydroxyl groups is 1. The Morgan fingerprint density at radius 3 is 2.22 bits per heavy atom. The number of likely N-dealkylation sites (tertiary alicyclic amines) is 1. The molecule has 2 saturated heterocycles. The summed E-state index contributed by atoms with van der Waals surface area (Å²) in [4.78, 5) is 33.2. The van der Waals surface area contributed by atoms with Crippen molar-refractivity contribution in [3.63, 3.8) is 0 Å². The lowest BCUT2D eigenvalue weighted by molar-refractivity contribution is -0.136. The average Bonchev–Trinajstić information content (AvgIpc) is 3.43. The summed E-state index contributed by atoms with van der Waals surface area (Å²) in [6.45, 7) is 14.8. The number of carbonyl (C=O) groups is 2. The van der Waals surface area contributed by atoms with E-state index in [-0.39, 0.29) is 36.9 Å². The van der Waals surface area contributed by atoms with E-state index in [1.807, 2.05) is 31.2 Å². The minimum atomic E-state index is -0.902. The second-order valence-corrected chi connectivity index (χ2v) is 14.7. The number of carbonyl (C=O) groups excluding carboxylic acids is 1. The molecule has 2 aromatic carbocycles. The maximum Gasteiger partial charge on any atom is 0.307 e. The number of halogens is 1. The third-order valence-corrected chi connectivity index (χ3v) is 8.68. The van der Waals surface area contributed by atoms with Gasteiger partial charge < -0.3 is 29.5 Å². The molecule has 3 heterocycles. The molecule has 2 fully saturated rings. The molecule has 0 aliphatic carbocycles. The summed E-state index contributed by atoms with van der Waals surface area (Å²) >= 11 is 0. The van der Waals surface area contributed by atoms with Crippen LogP contribution in [0, 0.1) is 18.2 Å². The van der Waals surface area contributed by atoms with Crippen LogP contribution in [-0.2, 0) is 33.8 Å². The molecule has 0 radical (unpaired) electrons. The Bertz CT molecular complexity index is 1550. The molecule has 2 aliphatic rings. The third-order valence-electron chi connectivity index (χ3n) is 8.68. The largest absolute Gasteiger partial charge is 0.493 e. The Morgan fingerprint density at radius 2 is 1.65 bits per heavy atom. The van der Waals surface area contributed by atoms with E-state index in [1.54, 1.807) is 37.8 Å². The van der Waals surface area contributed by atoms with E-state index in [4.69, 9.17) is 19.6 Å². The van der Waals surface area contributed by atoms with Gasteiger partial charge in [0.25, 0.3) is 0 Å². The van der Waals surface area contributed by atoms with Crippen LogP contribution in [0.5, 0.6) is 5.75 Å². The second kappa shape index (κ2) is 16.6. The van der Waals surface area contributed by atoms with E-state index in [2.05, 4.69) is 18.7 Å². The van der Waals surface area contributed by atoms with Crippen molar-refractivity contribution >= 4 is 17.6 Å². The molecule has 5 rings (SSSR count). The van der Waals surface area contributed by atoms with Crippen molar-refractivity contribution in [2.75, 3.05) is 37.9 Å². The molecule has 0 bridgehead atoms. The number of aromatic nitrogens is 1. The van der Waals surface area contributed by atoms with E-state index >= 15 is 0 Å². The van der Waals surface area contributed by atoms with Crippen LogP contribution in [0.3, 0.4) is 0 Å². The van der Waals surface area contributed by atoms with Gasteiger partial charge in [0, 0.05) is 49.3 Å². The van der Waals surface area contributed by atoms with Gasteiger partial charge in [-0.15, -0.1) is 0 Å². The van der Waals surface area contributed by atoms with Crippen molar-refractivity contribution < 1.29 is 33.7 Å². The quantitative estimate of drug-likeness (QED) is 0.212. The summed E-state index contributed by atoms with van der Waals surface area (Å²) in [5, 5.41) is 18.4. The first-order valence-corrected chi connectivity index (χ1v) is 17.1. The van der Waals surface area contributed by atoms with Crippen molar-refractivity contribution in [1.29, 1.82) is 0 Å². The Balaban J connectivity index is 0.00000101. The number of ether oxygens (including phenoxy) is 2.